The molecule has 2 unspecified atom stereocenters. The van der Waals surface area contributed by atoms with Crippen LogP contribution in [0.5, 0.6) is 0 Å². The minimum atomic E-state index is -0.0164. The number of hydrogen-bond donors (Lipinski definition) is 1. The Morgan fingerprint density at radius 3 is 2.89 bits per heavy atom. The molecule has 1 aromatic heterocycles. The average molecular weight is 255 g/mol. The molecule has 2 N–H and O–H groups in total. The van der Waals surface area contributed by atoms with Gasteiger partial charge >= 0.3 is 0 Å². The van der Waals surface area contributed by atoms with Crippen LogP contribution in [0.1, 0.15) is 23.8 Å². The number of fused-ring (bicyclic) bond motifs is 1. The molecule has 1 aliphatic rings. The Kier molecular flexibility index (Phi) is 2.95. The van der Waals surface area contributed by atoms with Crippen LogP contribution in [0.3, 0.4) is 0 Å². The van der Waals surface area contributed by atoms with Crippen LogP contribution >= 0.6 is 0 Å². The molecule has 0 saturated carbocycles. The van der Waals surface area contributed by atoms with Crippen molar-refractivity contribution in [3.63, 3.8) is 0 Å². The Labute approximate surface area is 112 Å². The lowest BCUT2D eigenvalue weighted by molar-refractivity contribution is 0.0739. The molecule has 98 valence electrons. The molecule has 2 heterocycles. The van der Waals surface area contributed by atoms with Crippen LogP contribution in [0.15, 0.2) is 36.5 Å². The van der Waals surface area contributed by atoms with Crippen LogP contribution in [0.2, 0.25) is 0 Å². The van der Waals surface area contributed by atoms with E-state index >= 15 is 0 Å². The van der Waals surface area contributed by atoms with E-state index in [9.17, 15) is 4.79 Å². The molecule has 1 aliphatic heterocycles. The van der Waals surface area contributed by atoms with Crippen molar-refractivity contribution in [2.45, 2.75) is 25.4 Å². The molecule has 0 aliphatic carbocycles. The van der Waals surface area contributed by atoms with Crippen molar-refractivity contribution in [2.24, 2.45) is 5.73 Å². The van der Waals surface area contributed by atoms with E-state index in [0.717, 1.165) is 17.2 Å². The summed E-state index contributed by atoms with van der Waals surface area (Å²) in [5.41, 5.74) is 6.51. The van der Waals surface area contributed by atoms with Gasteiger partial charge in [-0.25, -0.2) is 0 Å². The Bertz CT molecular complexity index is 620. The molecule has 1 amide bonds. The number of carbonyl (C=O) groups is 1. The van der Waals surface area contributed by atoms with Gasteiger partial charge in [0.2, 0.25) is 0 Å². The number of benzene rings is 1. The van der Waals surface area contributed by atoms with Crippen LogP contribution in [0, 0.1) is 0 Å². The topological polar surface area (TPSA) is 59.2 Å². The van der Waals surface area contributed by atoms with Crippen molar-refractivity contribution >= 4 is 16.7 Å². The van der Waals surface area contributed by atoms with E-state index in [1.165, 1.54) is 0 Å². The van der Waals surface area contributed by atoms with Gasteiger partial charge < -0.3 is 10.6 Å². The first-order valence-electron chi connectivity index (χ1n) is 6.59. The standard InChI is InChI=1S/C15H17N3O/c1-10-13(16)7-9-18(10)15(19)14-12-5-3-2-4-11(12)6-8-17-14/h2-6,8,10,13H,7,9,16H2,1H3. The maximum Gasteiger partial charge on any atom is 0.273 e. The number of likely N-dealkylation sites (tertiary alicyclic amines) is 1. The fourth-order valence-electron chi connectivity index (χ4n) is 2.68. The average Bonchev–Trinajstić information content (AvgIpc) is 2.78. The van der Waals surface area contributed by atoms with Gasteiger partial charge in [0.05, 0.1) is 0 Å². The van der Waals surface area contributed by atoms with Gasteiger partial charge in [-0.2, -0.15) is 0 Å². The number of hydrogen-bond acceptors (Lipinski definition) is 3. The van der Waals surface area contributed by atoms with Crippen molar-refractivity contribution in [1.29, 1.82) is 0 Å². The van der Waals surface area contributed by atoms with E-state index in [1.54, 1.807) is 6.20 Å². The molecule has 0 spiro atoms. The molecule has 4 heteroatoms. The fraction of sp³-hybridized carbons (Fsp3) is 0.333. The molecule has 2 atom stereocenters. The van der Waals surface area contributed by atoms with Gasteiger partial charge in [0.25, 0.3) is 5.91 Å². The molecular weight excluding hydrogens is 238 g/mol. The van der Waals surface area contributed by atoms with Gasteiger partial charge in [0.1, 0.15) is 5.69 Å². The largest absolute Gasteiger partial charge is 0.333 e. The number of aromatic nitrogens is 1. The Balaban J connectivity index is 2.03. The van der Waals surface area contributed by atoms with Crippen molar-refractivity contribution in [3.05, 3.63) is 42.2 Å². The first-order chi connectivity index (χ1) is 9.18. The summed E-state index contributed by atoms with van der Waals surface area (Å²) in [6.45, 7) is 2.72. The number of nitrogens with two attached hydrogens (primary N) is 1. The van der Waals surface area contributed by atoms with E-state index in [-0.39, 0.29) is 18.0 Å². The third-order valence-electron chi connectivity index (χ3n) is 3.95. The minimum Gasteiger partial charge on any atom is -0.333 e. The molecule has 3 rings (SSSR count). The zero-order valence-corrected chi connectivity index (χ0v) is 10.9. The quantitative estimate of drug-likeness (QED) is 0.845. The number of nitrogens with zero attached hydrogens (tertiary/aromatic N) is 2. The van der Waals surface area contributed by atoms with Crippen molar-refractivity contribution in [3.8, 4) is 0 Å². The third kappa shape index (κ3) is 1.98. The number of rotatable bonds is 1. The normalized spacial score (nSPS) is 22.9. The summed E-state index contributed by atoms with van der Waals surface area (Å²) in [4.78, 5) is 18.7. The van der Waals surface area contributed by atoms with Gasteiger partial charge in [-0.15, -0.1) is 0 Å². The van der Waals surface area contributed by atoms with Crippen molar-refractivity contribution < 1.29 is 4.79 Å². The number of pyridine rings is 1. The molecule has 1 saturated heterocycles. The molecule has 0 bridgehead atoms. The van der Waals surface area contributed by atoms with E-state index in [4.69, 9.17) is 5.73 Å². The van der Waals surface area contributed by atoms with E-state index in [2.05, 4.69) is 4.98 Å². The minimum absolute atomic E-state index is 0.0164. The second-order valence-electron chi connectivity index (χ2n) is 5.07. The smallest absolute Gasteiger partial charge is 0.273 e. The summed E-state index contributed by atoms with van der Waals surface area (Å²) >= 11 is 0. The number of carbonyl (C=O) groups excluding carboxylic acids is 1. The maximum atomic E-state index is 12.6. The third-order valence-corrected chi connectivity index (χ3v) is 3.95. The van der Waals surface area contributed by atoms with Crippen LogP contribution < -0.4 is 5.73 Å². The zero-order valence-electron chi connectivity index (χ0n) is 10.9. The predicted octanol–water partition coefficient (Wildman–Crippen LogP) is 1.80. The summed E-state index contributed by atoms with van der Waals surface area (Å²) in [7, 11) is 0. The molecule has 1 aromatic carbocycles. The monoisotopic (exact) mass is 255 g/mol. The van der Waals surface area contributed by atoms with E-state index in [1.807, 2.05) is 42.2 Å². The lowest BCUT2D eigenvalue weighted by Crippen LogP contribution is -2.40. The second kappa shape index (κ2) is 4.63. The van der Waals surface area contributed by atoms with Gasteiger partial charge in [-0.3, -0.25) is 9.78 Å². The highest BCUT2D eigenvalue weighted by molar-refractivity contribution is 6.05. The highest BCUT2D eigenvalue weighted by Crippen LogP contribution is 2.22. The summed E-state index contributed by atoms with van der Waals surface area (Å²) in [5, 5.41) is 1.94. The molecular formula is C15H17N3O. The highest BCUT2D eigenvalue weighted by Gasteiger charge is 2.32. The Morgan fingerprint density at radius 2 is 2.16 bits per heavy atom. The molecule has 4 nitrogen and oxygen atoms in total. The van der Waals surface area contributed by atoms with E-state index < -0.39 is 0 Å². The van der Waals surface area contributed by atoms with Crippen molar-refractivity contribution in [2.75, 3.05) is 6.54 Å². The molecule has 1 fully saturated rings. The summed E-state index contributed by atoms with van der Waals surface area (Å²) < 4.78 is 0. The Morgan fingerprint density at radius 1 is 1.37 bits per heavy atom. The summed E-state index contributed by atoms with van der Waals surface area (Å²) in [5.74, 6) is -0.0164. The molecule has 0 radical (unpaired) electrons. The van der Waals surface area contributed by atoms with Crippen LogP contribution in [-0.4, -0.2) is 34.4 Å². The SMILES string of the molecule is CC1C(N)CCN1C(=O)c1nccc2ccccc12. The van der Waals surface area contributed by atoms with Crippen LogP contribution in [0.4, 0.5) is 0 Å². The first-order valence-corrected chi connectivity index (χ1v) is 6.59. The van der Waals surface area contributed by atoms with E-state index in [0.29, 0.717) is 12.2 Å². The van der Waals surface area contributed by atoms with Gasteiger partial charge in [-0.1, -0.05) is 24.3 Å². The predicted molar refractivity (Wildman–Crippen MR) is 74.8 cm³/mol. The van der Waals surface area contributed by atoms with Gasteiger partial charge in [-0.05, 0) is 24.8 Å². The lowest BCUT2D eigenvalue weighted by Gasteiger charge is -2.23. The highest BCUT2D eigenvalue weighted by atomic mass is 16.2. The molecule has 19 heavy (non-hydrogen) atoms. The zero-order chi connectivity index (χ0) is 13.4. The first kappa shape index (κ1) is 12.1. The summed E-state index contributed by atoms with van der Waals surface area (Å²) in [6, 6.07) is 9.89. The molecule has 2 aromatic rings. The van der Waals surface area contributed by atoms with Crippen LogP contribution in [-0.2, 0) is 0 Å². The van der Waals surface area contributed by atoms with Gasteiger partial charge in [0.15, 0.2) is 0 Å². The maximum absolute atomic E-state index is 12.6. The van der Waals surface area contributed by atoms with Gasteiger partial charge in [0, 0.05) is 30.2 Å². The second-order valence-corrected chi connectivity index (χ2v) is 5.07. The summed E-state index contributed by atoms with van der Waals surface area (Å²) in [6.07, 6.45) is 2.55. The van der Waals surface area contributed by atoms with Crippen molar-refractivity contribution in [1.82, 2.24) is 9.88 Å². The van der Waals surface area contributed by atoms with Crippen LogP contribution in [0.25, 0.3) is 10.8 Å². The Hall–Kier alpha value is -1.94. The lowest BCUT2D eigenvalue weighted by atomic mass is 10.1. The fourth-order valence-corrected chi connectivity index (χ4v) is 2.68. The number of amides is 1.